The van der Waals surface area contributed by atoms with Crippen molar-refractivity contribution < 1.29 is 0 Å². The van der Waals surface area contributed by atoms with E-state index in [1.165, 1.54) is 30.4 Å². The predicted octanol–water partition coefficient (Wildman–Crippen LogP) is 4.17. The van der Waals surface area contributed by atoms with E-state index in [1.807, 2.05) is 6.92 Å². The monoisotopic (exact) mass is 468 g/mol. The molecule has 0 aromatic heterocycles. The van der Waals surface area contributed by atoms with E-state index in [1.54, 1.807) is 24.1 Å². The van der Waals surface area contributed by atoms with Crippen LogP contribution in [-0.2, 0) is 0 Å². The fourth-order valence-corrected chi connectivity index (χ4v) is 5.26. The second kappa shape index (κ2) is 10.9. The Morgan fingerprint density at radius 1 is 1.23 bits per heavy atom. The van der Waals surface area contributed by atoms with Crippen molar-refractivity contribution in [3.8, 4) is 18.4 Å². The molecule has 182 valence electrons. The third-order valence-electron chi connectivity index (χ3n) is 7.33. The molecule has 6 nitrogen and oxygen atoms in total. The topological polar surface area (TPSA) is 94.3 Å². The molecule has 0 amide bonds. The summed E-state index contributed by atoms with van der Waals surface area (Å²) in [4.78, 5) is 2.62. The summed E-state index contributed by atoms with van der Waals surface area (Å²) in [6.07, 6.45) is 17.3. The molecule has 5 N–H and O–H groups in total. The second-order valence-electron chi connectivity index (χ2n) is 9.78. The lowest BCUT2D eigenvalue weighted by molar-refractivity contribution is 0.141. The average molecular weight is 469 g/mol. The molecule has 1 aromatic rings. The third-order valence-corrected chi connectivity index (χ3v) is 7.33. The Morgan fingerprint density at radius 2 is 2.03 bits per heavy atom. The zero-order chi connectivity index (χ0) is 24.9. The van der Waals surface area contributed by atoms with Crippen LogP contribution in [0.25, 0.3) is 11.3 Å². The lowest BCUT2D eigenvalue weighted by Crippen LogP contribution is -2.42. The van der Waals surface area contributed by atoms with Crippen molar-refractivity contribution in [2.24, 2.45) is 11.6 Å². The fraction of sp³-hybridized carbons (Fsp3) is 0.414. The lowest BCUT2D eigenvalue weighted by Gasteiger charge is -2.39. The van der Waals surface area contributed by atoms with E-state index >= 15 is 0 Å². The Labute approximate surface area is 209 Å². The Balaban J connectivity index is 1.71. The molecule has 3 aliphatic rings. The molecule has 1 unspecified atom stereocenters. The third kappa shape index (κ3) is 5.46. The maximum atomic E-state index is 9.27. The number of hydrogen-bond donors (Lipinski definition) is 3. The summed E-state index contributed by atoms with van der Waals surface area (Å²) in [6.45, 7) is 6.44. The van der Waals surface area contributed by atoms with Crippen molar-refractivity contribution in [1.82, 2.24) is 15.2 Å². The van der Waals surface area contributed by atoms with Crippen molar-refractivity contribution in [2.45, 2.75) is 58.0 Å². The Kier molecular flexibility index (Phi) is 7.66. The van der Waals surface area contributed by atoms with Crippen molar-refractivity contribution in [3.63, 3.8) is 0 Å². The SMILES string of the molecule is C#C/C=C(\C=C(/C)C#N)NC1CCN(N)/C(=C(/C)N)c2ccc(C3=CCN(C4CCC4)CC3)cc21. The van der Waals surface area contributed by atoms with Gasteiger partial charge in [0.15, 0.2) is 0 Å². The normalized spacial score (nSPS) is 23.3. The second-order valence-corrected chi connectivity index (χ2v) is 9.78. The van der Waals surface area contributed by atoms with Crippen LogP contribution in [-0.4, -0.2) is 35.6 Å². The number of benzene rings is 1. The summed E-state index contributed by atoms with van der Waals surface area (Å²) in [6, 6.07) is 9.54. The maximum absolute atomic E-state index is 9.27. The van der Waals surface area contributed by atoms with Gasteiger partial charge in [0.1, 0.15) is 0 Å². The van der Waals surface area contributed by atoms with Crippen LogP contribution in [0.1, 0.15) is 68.7 Å². The molecule has 0 bridgehead atoms. The van der Waals surface area contributed by atoms with E-state index in [2.05, 4.69) is 46.5 Å². The number of nitrogens with one attached hydrogen (secondary N) is 1. The molecule has 1 saturated carbocycles. The minimum absolute atomic E-state index is 0.0362. The first-order valence-corrected chi connectivity index (χ1v) is 12.5. The summed E-state index contributed by atoms with van der Waals surface area (Å²) in [5.41, 5.74) is 14.0. The van der Waals surface area contributed by atoms with Gasteiger partial charge in [-0.1, -0.05) is 30.6 Å². The van der Waals surface area contributed by atoms with E-state index in [9.17, 15) is 5.26 Å². The van der Waals surface area contributed by atoms with Gasteiger partial charge in [0.05, 0.1) is 17.8 Å². The quantitative estimate of drug-likeness (QED) is 0.260. The number of nitriles is 1. The fourth-order valence-electron chi connectivity index (χ4n) is 5.26. The molecule has 1 aromatic carbocycles. The minimum atomic E-state index is -0.0362. The zero-order valence-electron chi connectivity index (χ0n) is 20.8. The van der Waals surface area contributed by atoms with Crippen LogP contribution in [0.15, 0.2) is 53.4 Å². The molecule has 6 heteroatoms. The number of allylic oxidation sites excluding steroid dienone is 4. The highest BCUT2D eigenvalue weighted by Gasteiger charge is 2.28. The van der Waals surface area contributed by atoms with E-state index in [4.69, 9.17) is 18.0 Å². The number of hydrogen-bond acceptors (Lipinski definition) is 6. The van der Waals surface area contributed by atoms with Crippen molar-refractivity contribution in [2.75, 3.05) is 19.6 Å². The van der Waals surface area contributed by atoms with Crippen molar-refractivity contribution in [3.05, 3.63) is 70.1 Å². The van der Waals surface area contributed by atoms with Gasteiger partial charge in [0, 0.05) is 54.3 Å². The molecule has 1 aliphatic carbocycles. The van der Waals surface area contributed by atoms with Gasteiger partial charge in [0.2, 0.25) is 0 Å². The zero-order valence-corrected chi connectivity index (χ0v) is 20.8. The molecule has 2 heterocycles. The smallest absolute Gasteiger partial charge is 0.0944 e. The number of nitrogens with two attached hydrogens (primary N) is 2. The first-order valence-electron chi connectivity index (χ1n) is 12.5. The van der Waals surface area contributed by atoms with Crippen LogP contribution >= 0.6 is 0 Å². The minimum Gasteiger partial charge on any atom is -0.401 e. The Bertz CT molecular complexity index is 1160. The summed E-state index contributed by atoms with van der Waals surface area (Å²) in [5, 5.41) is 14.6. The molecule has 1 atom stereocenters. The van der Waals surface area contributed by atoms with Gasteiger partial charge in [0.25, 0.3) is 0 Å². The van der Waals surface area contributed by atoms with E-state index in [-0.39, 0.29) is 6.04 Å². The molecule has 1 fully saturated rings. The van der Waals surface area contributed by atoms with Gasteiger partial charge in [-0.25, -0.2) is 5.84 Å². The van der Waals surface area contributed by atoms with Crippen LogP contribution in [0, 0.1) is 23.7 Å². The van der Waals surface area contributed by atoms with Crippen LogP contribution in [0.3, 0.4) is 0 Å². The number of fused-ring (bicyclic) bond motifs is 1. The van der Waals surface area contributed by atoms with E-state index in [0.29, 0.717) is 17.8 Å². The number of terminal acetylenes is 1. The van der Waals surface area contributed by atoms with Gasteiger partial charge < -0.3 is 16.1 Å². The molecular formula is C29H36N6. The first kappa shape index (κ1) is 24.7. The van der Waals surface area contributed by atoms with Crippen LogP contribution in [0.2, 0.25) is 0 Å². The van der Waals surface area contributed by atoms with Gasteiger partial charge in [-0.15, -0.1) is 6.42 Å². The van der Waals surface area contributed by atoms with Gasteiger partial charge in [-0.2, -0.15) is 5.26 Å². The summed E-state index contributed by atoms with van der Waals surface area (Å²) in [5.74, 6) is 9.03. The summed E-state index contributed by atoms with van der Waals surface area (Å²) in [7, 11) is 0. The number of nitrogens with zero attached hydrogens (tertiary/aromatic N) is 3. The van der Waals surface area contributed by atoms with Crippen LogP contribution in [0.5, 0.6) is 0 Å². The van der Waals surface area contributed by atoms with Crippen LogP contribution < -0.4 is 16.9 Å². The van der Waals surface area contributed by atoms with E-state index < -0.39 is 0 Å². The van der Waals surface area contributed by atoms with Crippen molar-refractivity contribution >= 4 is 11.3 Å². The lowest BCUT2D eigenvalue weighted by atomic mass is 9.88. The largest absolute Gasteiger partial charge is 0.401 e. The number of hydrazine groups is 1. The van der Waals surface area contributed by atoms with E-state index in [0.717, 1.165) is 54.5 Å². The maximum Gasteiger partial charge on any atom is 0.0944 e. The highest BCUT2D eigenvalue weighted by Crippen LogP contribution is 2.37. The Hall–Kier alpha value is -3.45. The van der Waals surface area contributed by atoms with Crippen LogP contribution in [0.4, 0.5) is 0 Å². The predicted molar refractivity (Wildman–Crippen MR) is 143 cm³/mol. The summed E-state index contributed by atoms with van der Waals surface area (Å²) < 4.78 is 0. The van der Waals surface area contributed by atoms with Gasteiger partial charge >= 0.3 is 0 Å². The molecule has 2 aliphatic heterocycles. The van der Waals surface area contributed by atoms with Gasteiger partial charge in [-0.3, -0.25) is 4.90 Å². The average Bonchev–Trinajstić information content (AvgIpc) is 2.94. The molecule has 0 saturated heterocycles. The molecular weight excluding hydrogens is 432 g/mol. The molecule has 4 rings (SSSR count). The highest BCUT2D eigenvalue weighted by molar-refractivity contribution is 5.74. The highest BCUT2D eigenvalue weighted by atomic mass is 15.4. The number of rotatable bonds is 5. The van der Waals surface area contributed by atoms with Gasteiger partial charge in [-0.05, 0) is 68.4 Å². The Morgan fingerprint density at radius 3 is 2.63 bits per heavy atom. The molecule has 35 heavy (non-hydrogen) atoms. The molecule has 0 spiro atoms. The first-order chi connectivity index (χ1) is 16.9. The van der Waals surface area contributed by atoms with Crippen molar-refractivity contribution in [1.29, 1.82) is 5.26 Å². The standard InChI is InChI=1S/C29H36N6/c1-4-6-24(17-20(2)19-30)33-28-13-16-35(32)29(21(3)31)26-10-9-23(18-27(26)28)22-11-14-34(15-12-22)25-7-5-8-25/h1,6,9-11,17-18,25,28,33H,5,7-8,12-16,31-32H2,2-3H3/b20-17+,24-6+,29-21-. The summed E-state index contributed by atoms with van der Waals surface area (Å²) >= 11 is 0. The molecule has 0 radical (unpaired) electrons.